The lowest BCUT2D eigenvalue weighted by Gasteiger charge is -2.54. The molecule has 6 heterocycles. The summed E-state index contributed by atoms with van der Waals surface area (Å²) in [6.45, 7) is 18.3. The molecule has 0 radical (unpaired) electrons. The number of aryl methyl sites for hydroxylation is 1. The fraction of sp³-hybridized carbons (Fsp3) is 0.667. The largest absolute Gasteiger partial charge is 0.490 e. The maximum Gasteiger partial charge on any atom is 0.329 e. The Labute approximate surface area is 359 Å². The molecule has 6 aliphatic rings. The summed E-state index contributed by atoms with van der Waals surface area (Å²) in [6, 6.07) is 5.76. The van der Waals surface area contributed by atoms with Crippen LogP contribution in [-0.2, 0) is 22.1 Å². The predicted molar refractivity (Wildman–Crippen MR) is 239 cm³/mol. The lowest BCUT2D eigenvalue weighted by atomic mass is 9.75. The van der Waals surface area contributed by atoms with E-state index in [0.29, 0.717) is 53.2 Å². The van der Waals surface area contributed by atoms with Crippen LogP contribution in [0.25, 0.3) is 11.0 Å². The number of nitrogens with zero attached hydrogens (tertiary/aromatic N) is 8. The van der Waals surface area contributed by atoms with E-state index in [9.17, 15) is 14.4 Å². The van der Waals surface area contributed by atoms with Gasteiger partial charge in [-0.05, 0) is 82.4 Å². The molecule has 60 heavy (non-hydrogen) atoms. The summed E-state index contributed by atoms with van der Waals surface area (Å²) in [7, 11) is 3.94. The average molecular weight is 843 g/mol. The first-order chi connectivity index (χ1) is 29.0. The Kier molecular flexibility index (Phi) is 12.7. The lowest BCUT2D eigenvalue weighted by Crippen LogP contribution is -2.61. The molecule has 1 aromatic carbocycles. The Hall–Kier alpha value is -3.92. The number of ether oxygens (including phenoxy) is 1. The molecule has 2 amide bonds. The van der Waals surface area contributed by atoms with Gasteiger partial charge in [0, 0.05) is 107 Å². The number of hydrogen-bond acceptors (Lipinski definition) is 12. The second-order valence-electron chi connectivity index (χ2n) is 18.1. The number of imide groups is 1. The fourth-order valence-electron chi connectivity index (χ4n) is 10.6. The fourth-order valence-corrected chi connectivity index (χ4v) is 12.0. The Bertz CT molecular complexity index is 2100. The third-order valence-electron chi connectivity index (χ3n) is 14.2. The van der Waals surface area contributed by atoms with E-state index in [1.165, 1.54) is 42.2 Å². The first-order valence-electron chi connectivity index (χ1n) is 22.6. The number of likely N-dealkylation sites (tertiary alicyclic amines) is 1. The Morgan fingerprint density at radius 2 is 1.80 bits per heavy atom. The second-order valence-corrected chi connectivity index (χ2v) is 19.3. The Morgan fingerprint density at radius 3 is 2.50 bits per heavy atom. The van der Waals surface area contributed by atoms with E-state index in [1.54, 1.807) is 11.6 Å². The highest BCUT2D eigenvalue weighted by atomic mass is 32.2. The molecule has 2 saturated carbocycles. The number of allylic oxidation sites excluding steroid dienone is 1. The molecular weight excluding hydrogens is 777 g/mol. The third kappa shape index (κ3) is 8.48. The number of aromatic nitrogens is 4. The van der Waals surface area contributed by atoms with E-state index in [1.807, 2.05) is 44.2 Å². The number of rotatable bonds is 13. The number of carbonyl (C=O) groups excluding carboxylic acids is 2. The molecule has 6 fully saturated rings. The van der Waals surface area contributed by atoms with Crippen molar-refractivity contribution in [3.8, 4) is 5.75 Å². The predicted octanol–water partition coefficient (Wildman–Crippen LogP) is 5.89. The standard InChI is InChI=1S/C43H60N10O4S.C2H6/c1-5-43(18-19-43)31-25-44-40(47-38(31)48(3)32-10-6-9-29(32)2)45-30-15-21-51(22-16-30)58-52-27-42(28-52)17-8-20-50(26-42)23-24-57-35-12-7-11-33-37(35)49(4)41(56)53(33)34-13-14-36(54)46-39(34)55;1-2/h5,7,11-12,25,29-30,32,34H,1,6,8-10,13-24,26-28H2,2-4H3,(H,44,45,47)(H,46,54,55);1-2H3. The van der Waals surface area contributed by atoms with Crippen molar-refractivity contribution in [1.82, 2.24) is 37.9 Å². The molecule has 3 atom stereocenters. The van der Waals surface area contributed by atoms with Crippen LogP contribution < -0.4 is 26.0 Å². The average Bonchev–Trinajstić information content (AvgIpc) is 3.86. The second kappa shape index (κ2) is 17.8. The van der Waals surface area contributed by atoms with Gasteiger partial charge in [-0.1, -0.05) is 39.3 Å². The maximum atomic E-state index is 13.3. The van der Waals surface area contributed by atoms with Gasteiger partial charge in [-0.25, -0.2) is 18.4 Å². The summed E-state index contributed by atoms with van der Waals surface area (Å²) in [5.74, 6) is 2.41. The van der Waals surface area contributed by atoms with E-state index >= 15 is 0 Å². The SMILES string of the molecule is C=CC1(c2cnc(NC3CCN(SN4CC5(CCCN(CCOc6cccc7c6n(C)c(=O)n7C6CCC(=O)NC6=O)C5)C4)CC3)nc2N(C)C2CCCC2C)CC1.CC. The van der Waals surface area contributed by atoms with Crippen LogP contribution in [0.15, 0.2) is 41.8 Å². The van der Waals surface area contributed by atoms with E-state index in [-0.39, 0.29) is 23.4 Å². The highest BCUT2D eigenvalue weighted by Gasteiger charge is 2.47. The molecule has 3 aromatic rings. The Morgan fingerprint density at radius 1 is 1.02 bits per heavy atom. The lowest BCUT2D eigenvalue weighted by molar-refractivity contribution is -0.135. The highest BCUT2D eigenvalue weighted by Crippen LogP contribution is 2.52. The van der Waals surface area contributed by atoms with Crippen molar-refractivity contribution in [2.24, 2.45) is 18.4 Å². The molecule has 14 nitrogen and oxygen atoms in total. The van der Waals surface area contributed by atoms with Crippen LogP contribution in [0.1, 0.15) is 103 Å². The number of carbonyl (C=O) groups is 2. The topological polar surface area (TPSA) is 133 Å². The molecule has 2 N–H and O–H groups in total. The summed E-state index contributed by atoms with van der Waals surface area (Å²) in [6.07, 6.45) is 15.3. The van der Waals surface area contributed by atoms with Crippen molar-refractivity contribution in [2.45, 2.75) is 115 Å². The number of imidazole rings is 1. The first kappa shape index (κ1) is 42.8. The van der Waals surface area contributed by atoms with Gasteiger partial charge < -0.3 is 15.0 Å². The minimum absolute atomic E-state index is 0.0306. The maximum absolute atomic E-state index is 13.3. The summed E-state index contributed by atoms with van der Waals surface area (Å²) < 4.78 is 14.5. The van der Waals surface area contributed by atoms with Crippen LogP contribution in [0.5, 0.6) is 5.75 Å². The van der Waals surface area contributed by atoms with E-state index in [4.69, 9.17) is 14.7 Å². The van der Waals surface area contributed by atoms with Gasteiger partial charge in [-0.3, -0.25) is 28.9 Å². The third-order valence-corrected chi connectivity index (χ3v) is 15.3. The van der Waals surface area contributed by atoms with Gasteiger partial charge in [0.15, 0.2) is 0 Å². The summed E-state index contributed by atoms with van der Waals surface area (Å²) in [5, 5.41) is 6.11. The van der Waals surface area contributed by atoms with E-state index in [2.05, 4.69) is 61.9 Å². The smallest absolute Gasteiger partial charge is 0.329 e. The van der Waals surface area contributed by atoms with Gasteiger partial charge in [0.1, 0.15) is 29.7 Å². The quantitative estimate of drug-likeness (QED) is 0.121. The molecule has 2 aromatic heterocycles. The van der Waals surface area contributed by atoms with Crippen LogP contribution in [0.4, 0.5) is 11.8 Å². The summed E-state index contributed by atoms with van der Waals surface area (Å²) in [4.78, 5) is 52.8. The van der Waals surface area contributed by atoms with Gasteiger partial charge >= 0.3 is 5.69 Å². The molecule has 4 saturated heterocycles. The molecule has 4 aliphatic heterocycles. The van der Waals surface area contributed by atoms with Crippen molar-refractivity contribution in [2.75, 3.05) is 69.7 Å². The van der Waals surface area contributed by atoms with Crippen LogP contribution in [0.3, 0.4) is 0 Å². The molecular formula is C45H66N10O4S. The van der Waals surface area contributed by atoms with E-state index < -0.39 is 11.9 Å². The molecule has 1 spiro atoms. The van der Waals surface area contributed by atoms with Crippen molar-refractivity contribution < 1.29 is 14.3 Å². The molecule has 15 heteroatoms. The summed E-state index contributed by atoms with van der Waals surface area (Å²) in [5.41, 5.74) is 2.62. The van der Waals surface area contributed by atoms with Crippen LogP contribution in [0, 0.1) is 11.3 Å². The molecule has 326 valence electrons. The number of hydrogen-bond donors (Lipinski definition) is 2. The zero-order valence-corrected chi connectivity index (χ0v) is 37.3. The first-order valence-corrected chi connectivity index (χ1v) is 23.4. The van der Waals surface area contributed by atoms with Gasteiger partial charge in [-0.15, -0.1) is 6.58 Å². The molecule has 0 bridgehead atoms. The minimum atomic E-state index is -0.717. The number of para-hydroxylation sites is 1. The zero-order valence-electron chi connectivity index (χ0n) is 36.5. The van der Waals surface area contributed by atoms with Gasteiger partial charge in [0.05, 0.1) is 5.52 Å². The number of amides is 2. The van der Waals surface area contributed by atoms with Crippen molar-refractivity contribution in [3.63, 3.8) is 0 Å². The zero-order chi connectivity index (χ0) is 42.2. The van der Waals surface area contributed by atoms with Crippen LogP contribution in [-0.4, -0.2) is 116 Å². The van der Waals surface area contributed by atoms with Crippen LogP contribution >= 0.6 is 12.1 Å². The Balaban J connectivity index is 0.00000246. The molecule has 2 aliphatic carbocycles. The highest BCUT2D eigenvalue weighted by molar-refractivity contribution is 7.94. The monoisotopic (exact) mass is 842 g/mol. The summed E-state index contributed by atoms with van der Waals surface area (Å²) >= 11 is 1.93. The number of anilines is 2. The number of piperidine rings is 3. The number of fused-ring (bicyclic) bond motifs is 1. The minimum Gasteiger partial charge on any atom is -0.490 e. The molecule has 3 unspecified atom stereocenters. The van der Waals surface area contributed by atoms with Crippen LogP contribution in [0.2, 0.25) is 0 Å². The van der Waals surface area contributed by atoms with Gasteiger partial charge in [-0.2, -0.15) is 4.98 Å². The van der Waals surface area contributed by atoms with Crippen molar-refractivity contribution >= 4 is 46.7 Å². The van der Waals surface area contributed by atoms with Crippen molar-refractivity contribution in [3.05, 3.63) is 53.1 Å². The molecule has 9 rings (SSSR count). The number of nitrogens with one attached hydrogen (secondary N) is 2. The van der Waals surface area contributed by atoms with Gasteiger partial charge in [0.2, 0.25) is 17.8 Å². The normalized spacial score (nSPS) is 25.6. The van der Waals surface area contributed by atoms with E-state index in [0.717, 1.165) is 83.3 Å². The van der Waals surface area contributed by atoms with Gasteiger partial charge in [0.25, 0.3) is 0 Å². The van der Waals surface area contributed by atoms with Crippen molar-refractivity contribution in [1.29, 1.82) is 0 Å². The number of benzene rings is 1.